The molecule has 0 aliphatic carbocycles. The predicted molar refractivity (Wildman–Crippen MR) is 106 cm³/mol. The molecule has 6 heteroatoms. The van der Waals surface area contributed by atoms with E-state index in [-0.39, 0.29) is 12.1 Å². The monoisotopic (exact) mass is 380 g/mol. The Hall–Kier alpha value is -3.28. The molecule has 3 rings (SSSR count). The summed E-state index contributed by atoms with van der Waals surface area (Å²) in [5.41, 5.74) is 1.60. The summed E-state index contributed by atoms with van der Waals surface area (Å²) in [5, 5.41) is 5.47. The Bertz CT molecular complexity index is 892. The summed E-state index contributed by atoms with van der Waals surface area (Å²) in [5.74, 6) is 0.875. The van der Waals surface area contributed by atoms with E-state index in [9.17, 15) is 9.59 Å². The lowest BCUT2D eigenvalue weighted by Crippen LogP contribution is -2.45. The van der Waals surface area contributed by atoms with Gasteiger partial charge in [0.05, 0.1) is 17.7 Å². The van der Waals surface area contributed by atoms with E-state index in [1.165, 1.54) is 0 Å². The SMILES string of the molecule is CCC(C)OC(=O)C1=C(C)NC(=O)NC1c1cccc(Oc2ccccc2)c1. The van der Waals surface area contributed by atoms with Crippen LogP contribution in [0.4, 0.5) is 4.79 Å². The van der Waals surface area contributed by atoms with Gasteiger partial charge in [-0.05, 0) is 50.1 Å². The van der Waals surface area contributed by atoms with Gasteiger partial charge < -0.3 is 20.1 Å². The van der Waals surface area contributed by atoms with Gasteiger partial charge >= 0.3 is 12.0 Å². The second kappa shape index (κ2) is 8.61. The number of hydrogen-bond donors (Lipinski definition) is 2. The zero-order chi connectivity index (χ0) is 20.1. The molecule has 0 fully saturated rings. The fraction of sp³-hybridized carbons (Fsp3) is 0.273. The maximum atomic E-state index is 12.7. The standard InChI is InChI=1S/C22H24N2O4/c1-4-14(2)27-21(25)19-15(3)23-22(26)24-20(19)16-9-8-12-18(13-16)28-17-10-6-5-7-11-17/h5-14,20H,4H2,1-3H3,(H2,23,24,26). The van der Waals surface area contributed by atoms with Crippen LogP contribution in [0.5, 0.6) is 11.5 Å². The number of amides is 2. The minimum absolute atomic E-state index is 0.209. The average molecular weight is 380 g/mol. The quantitative estimate of drug-likeness (QED) is 0.726. The number of hydrogen-bond acceptors (Lipinski definition) is 4. The third kappa shape index (κ3) is 4.52. The van der Waals surface area contributed by atoms with Gasteiger partial charge in [0.25, 0.3) is 0 Å². The maximum Gasteiger partial charge on any atom is 0.338 e. The van der Waals surface area contributed by atoms with Crippen LogP contribution in [-0.2, 0) is 9.53 Å². The highest BCUT2D eigenvalue weighted by Crippen LogP contribution is 2.31. The van der Waals surface area contributed by atoms with Gasteiger partial charge in [-0.15, -0.1) is 0 Å². The lowest BCUT2D eigenvalue weighted by atomic mass is 9.95. The summed E-state index contributed by atoms with van der Waals surface area (Å²) in [6.45, 7) is 5.48. The Labute approximate surface area is 164 Å². The average Bonchev–Trinajstić information content (AvgIpc) is 2.68. The third-order valence-electron chi connectivity index (χ3n) is 4.54. The van der Waals surface area contributed by atoms with E-state index >= 15 is 0 Å². The van der Waals surface area contributed by atoms with Crippen molar-refractivity contribution in [1.29, 1.82) is 0 Å². The van der Waals surface area contributed by atoms with Gasteiger partial charge in [0, 0.05) is 5.70 Å². The first kappa shape index (κ1) is 19.5. The second-order valence-electron chi connectivity index (χ2n) is 6.68. The molecule has 0 saturated heterocycles. The van der Waals surface area contributed by atoms with Crippen LogP contribution in [0.1, 0.15) is 38.8 Å². The number of allylic oxidation sites excluding steroid dienone is 1. The summed E-state index contributed by atoms with van der Waals surface area (Å²) in [6, 6.07) is 15.7. The summed E-state index contributed by atoms with van der Waals surface area (Å²) in [6.07, 6.45) is 0.502. The van der Waals surface area contributed by atoms with Crippen molar-refractivity contribution in [1.82, 2.24) is 10.6 Å². The van der Waals surface area contributed by atoms with Gasteiger partial charge in [0.15, 0.2) is 0 Å². The summed E-state index contributed by atoms with van der Waals surface area (Å²) in [7, 11) is 0. The zero-order valence-corrected chi connectivity index (χ0v) is 16.2. The fourth-order valence-electron chi connectivity index (χ4n) is 2.93. The second-order valence-corrected chi connectivity index (χ2v) is 6.68. The Morgan fingerprint density at radius 2 is 1.82 bits per heavy atom. The van der Waals surface area contributed by atoms with Crippen LogP contribution in [0.2, 0.25) is 0 Å². The first-order valence-electron chi connectivity index (χ1n) is 9.30. The molecule has 2 atom stereocenters. The topological polar surface area (TPSA) is 76.7 Å². The fourth-order valence-corrected chi connectivity index (χ4v) is 2.93. The summed E-state index contributed by atoms with van der Waals surface area (Å²) >= 11 is 0. The molecule has 2 aromatic rings. The Balaban J connectivity index is 1.91. The highest BCUT2D eigenvalue weighted by Gasteiger charge is 2.33. The van der Waals surface area contributed by atoms with Crippen LogP contribution in [0.15, 0.2) is 65.9 Å². The molecule has 1 heterocycles. The third-order valence-corrected chi connectivity index (χ3v) is 4.54. The molecule has 6 nitrogen and oxygen atoms in total. The molecule has 1 aliphatic rings. The first-order chi connectivity index (χ1) is 13.5. The lowest BCUT2D eigenvalue weighted by molar-refractivity contribution is -0.144. The number of esters is 1. The smallest absolute Gasteiger partial charge is 0.338 e. The number of urea groups is 1. The van der Waals surface area contributed by atoms with Crippen LogP contribution in [-0.4, -0.2) is 18.1 Å². The number of benzene rings is 2. The lowest BCUT2D eigenvalue weighted by Gasteiger charge is -2.29. The molecule has 0 radical (unpaired) electrons. The van der Waals surface area contributed by atoms with Crippen LogP contribution in [0.3, 0.4) is 0 Å². The van der Waals surface area contributed by atoms with E-state index in [0.29, 0.717) is 29.2 Å². The minimum atomic E-state index is -0.621. The summed E-state index contributed by atoms with van der Waals surface area (Å²) in [4.78, 5) is 24.8. The predicted octanol–water partition coefficient (Wildman–Crippen LogP) is 4.45. The van der Waals surface area contributed by atoms with Crippen molar-refractivity contribution < 1.29 is 19.1 Å². The highest BCUT2D eigenvalue weighted by atomic mass is 16.5. The molecule has 2 unspecified atom stereocenters. The van der Waals surface area contributed by atoms with E-state index in [2.05, 4.69) is 10.6 Å². The normalized spacial score (nSPS) is 17.4. The maximum absolute atomic E-state index is 12.7. The van der Waals surface area contributed by atoms with Gasteiger partial charge in [-0.2, -0.15) is 0 Å². The Morgan fingerprint density at radius 1 is 1.11 bits per heavy atom. The van der Waals surface area contributed by atoms with Crippen LogP contribution in [0.25, 0.3) is 0 Å². The van der Waals surface area contributed by atoms with Gasteiger partial charge in [-0.25, -0.2) is 9.59 Å². The van der Waals surface area contributed by atoms with E-state index in [1.54, 1.807) is 6.92 Å². The summed E-state index contributed by atoms with van der Waals surface area (Å²) < 4.78 is 11.4. The van der Waals surface area contributed by atoms with Crippen LogP contribution >= 0.6 is 0 Å². The van der Waals surface area contributed by atoms with Crippen LogP contribution in [0, 0.1) is 0 Å². The molecule has 2 aromatic carbocycles. The number of carbonyl (C=O) groups is 2. The largest absolute Gasteiger partial charge is 0.459 e. The first-order valence-corrected chi connectivity index (χ1v) is 9.30. The molecule has 0 saturated carbocycles. The number of carbonyl (C=O) groups excluding carboxylic acids is 2. The molecule has 1 aliphatic heterocycles. The van der Waals surface area contributed by atoms with Crippen molar-refractivity contribution in [2.75, 3.05) is 0 Å². The van der Waals surface area contributed by atoms with E-state index in [4.69, 9.17) is 9.47 Å². The van der Waals surface area contributed by atoms with Gasteiger partial charge in [0.1, 0.15) is 11.5 Å². The molecule has 0 bridgehead atoms. The molecular formula is C22H24N2O4. The number of para-hydroxylation sites is 1. The molecular weight excluding hydrogens is 356 g/mol. The van der Waals surface area contributed by atoms with Crippen molar-refractivity contribution in [2.24, 2.45) is 0 Å². The van der Waals surface area contributed by atoms with Crippen LogP contribution < -0.4 is 15.4 Å². The van der Waals surface area contributed by atoms with Gasteiger partial charge in [0.2, 0.25) is 0 Å². The van der Waals surface area contributed by atoms with Gasteiger partial charge in [-0.1, -0.05) is 37.3 Å². The van der Waals surface area contributed by atoms with Crippen molar-refractivity contribution in [2.45, 2.75) is 39.3 Å². The van der Waals surface area contributed by atoms with E-state index < -0.39 is 12.0 Å². The molecule has 2 N–H and O–H groups in total. The number of ether oxygens (including phenoxy) is 2. The van der Waals surface area contributed by atoms with Crippen molar-refractivity contribution in [3.8, 4) is 11.5 Å². The van der Waals surface area contributed by atoms with Crippen molar-refractivity contribution >= 4 is 12.0 Å². The number of rotatable bonds is 6. The minimum Gasteiger partial charge on any atom is -0.459 e. The molecule has 2 amide bonds. The Kier molecular flexibility index (Phi) is 5.99. The molecule has 146 valence electrons. The van der Waals surface area contributed by atoms with Crippen molar-refractivity contribution in [3.05, 3.63) is 71.4 Å². The molecule has 0 spiro atoms. The molecule has 0 aromatic heterocycles. The van der Waals surface area contributed by atoms with Crippen molar-refractivity contribution in [3.63, 3.8) is 0 Å². The van der Waals surface area contributed by atoms with E-state index in [1.807, 2.05) is 68.4 Å². The highest BCUT2D eigenvalue weighted by molar-refractivity contribution is 5.95. The Morgan fingerprint density at radius 3 is 2.54 bits per heavy atom. The molecule has 28 heavy (non-hydrogen) atoms. The zero-order valence-electron chi connectivity index (χ0n) is 16.2. The van der Waals surface area contributed by atoms with E-state index in [0.717, 1.165) is 5.56 Å². The van der Waals surface area contributed by atoms with Gasteiger partial charge in [-0.3, -0.25) is 0 Å². The number of nitrogens with one attached hydrogen (secondary N) is 2.